The summed E-state index contributed by atoms with van der Waals surface area (Å²) in [6.45, 7) is 0.485. The number of amides is 1. The van der Waals surface area contributed by atoms with Gasteiger partial charge in [-0.05, 0) is 30.4 Å². The monoisotopic (exact) mass is 263 g/mol. The number of aliphatic hydroxyl groups is 2. The fourth-order valence-electron chi connectivity index (χ4n) is 2.74. The Morgan fingerprint density at radius 1 is 1.16 bits per heavy atom. The predicted molar refractivity (Wildman–Crippen MR) is 72.7 cm³/mol. The molecule has 1 amide bonds. The van der Waals surface area contributed by atoms with Crippen molar-refractivity contribution in [2.24, 2.45) is 5.92 Å². The molecule has 0 saturated heterocycles. The molecule has 19 heavy (non-hydrogen) atoms. The maximum Gasteiger partial charge on any atom is 0.226 e. The van der Waals surface area contributed by atoms with E-state index in [1.54, 1.807) is 4.90 Å². The van der Waals surface area contributed by atoms with Crippen molar-refractivity contribution in [1.29, 1.82) is 0 Å². The van der Waals surface area contributed by atoms with Gasteiger partial charge in [0.1, 0.15) is 0 Å². The lowest BCUT2D eigenvalue weighted by atomic mass is 9.83. The van der Waals surface area contributed by atoms with Crippen LogP contribution >= 0.6 is 0 Å². The summed E-state index contributed by atoms with van der Waals surface area (Å²) >= 11 is 0. The second-order valence-electron chi connectivity index (χ2n) is 4.98. The average Bonchev–Trinajstić information content (AvgIpc) is 2.46. The van der Waals surface area contributed by atoms with Crippen LogP contribution in [0.25, 0.3) is 0 Å². The standard InChI is InChI=1S/C15H21NO3/c17-9-7-16(8-10-18)15(19)14-6-5-12-3-1-2-4-13(12)11-14/h1-4,14,17-18H,5-11H2. The van der Waals surface area contributed by atoms with Crippen molar-refractivity contribution in [3.8, 4) is 0 Å². The highest BCUT2D eigenvalue weighted by atomic mass is 16.3. The first kappa shape index (κ1) is 14.0. The lowest BCUT2D eigenvalue weighted by Gasteiger charge is -2.29. The van der Waals surface area contributed by atoms with Crippen LogP contribution in [0.4, 0.5) is 0 Å². The van der Waals surface area contributed by atoms with Crippen molar-refractivity contribution in [3.63, 3.8) is 0 Å². The third-order valence-corrected chi connectivity index (χ3v) is 3.75. The Morgan fingerprint density at radius 3 is 2.42 bits per heavy atom. The molecule has 1 unspecified atom stereocenters. The lowest BCUT2D eigenvalue weighted by Crippen LogP contribution is -2.41. The Labute approximate surface area is 113 Å². The van der Waals surface area contributed by atoms with Gasteiger partial charge in [0, 0.05) is 19.0 Å². The minimum Gasteiger partial charge on any atom is -0.395 e. The summed E-state index contributed by atoms with van der Waals surface area (Å²) in [7, 11) is 0. The summed E-state index contributed by atoms with van der Waals surface area (Å²) in [5, 5.41) is 18.0. The summed E-state index contributed by atoms with van der Waals surface area (Å²) in [5.74, 6) is 0.0330. The lowest BCUT2D eigenvalue weighted by molar-refractivity contribution is -0.137. The zero-order valence-electron chi connectivity index (χ0n) is 11.1. The molecule has 1 aliphatic rings. The Hall–Kier alpha value is -1.39. The molecule has 0 saturated carbocycles. The van der Waals surface area contributed by atoms with E-state index >= 15 is 0 Å². The second kappa shape index (κ2) is 6.68. The predicted octanol–water partition coefficient (Wildman–Crippen LogP) is 0.605. The Kier molecular flexibility index (Phi) is 4.93. The van der Waals surface area contributed by atoms with Crippen molar-refractivity contribution in [3.05, 3.63) is 35.4 Å². The number of aryl methyl sites for hydroxylation is 1. The van der Waals surface area contributed by atoms with E-state index in [4.69, 9.17) is 10.2 Å². The van der Waals surface area contributed by atoms with Crippen LogP contribution in [0, 0.1) is 5.92 Å². The summed E-state index contributed by atoms with van der Waals surface area (Å²) in [5.41, 5.74) is 2.59. The van der Waals surface area contributed by atoms with E-state index in [2.05, 4.69) is 12.1 Å². The van der Waals surface area contributed by atoms with Crippen LogP contribution in [-0.2, 0) is 17.6 Å². The van der Waals surface area contributed by atoms with Gasteiger partial charge in [-0.1, -0.05) is 24.3 Å². The van der Waals surface area contributed by atoms with Crippen LogP contribution in [0.15, 0.2) is 24.3 Å². The first-order valence-electron chi connectivity index (χ1n) is 6.83. The zero-order chi connectivity index (χ0) is 13.7. The molecule has 2 N–H and O–H groups in total. The summed E-state index contributed by atoms with van der Waals surface area (Å²) in [6, 6.07) is 8.24. The van der Waals surface area contributed by atoms with Crippen LogP contribution < -0.4 is 0 Å². The quantitative estimate of drug-likeness (QED) is 0.818. The summed E-state index contributed by atoms with van der Waals surface area (Å²) in [6.07, 6.45) is 2.55. The van der Waals surface area contributed by atoms with E-state index in [1.165, 1.54) is 11.1 Å². The van der Waals surface area contributed by atoms with Gasteiger partial charge < -0.3 is 15.1 Å². The SMILES string of the molecule is O=C(C1CCc2ccccc2C1)N(CCO)CCO. The number of carbonyl (C=O) groups is 1. The van der Waals surface area contributed by atoms with Crippen molar-refractivity contribution in [1.82, 2.24) is 4.90 Å². The number of carbonyl (C=O) groups excluding carboxylic acids is 1. The van der Waals surface area contributed by atoms with Crippen molar-refractivity contribution in [2.45, 2.75) is 19.3 Å². The maximum absolute atomic E-state index is 12.4. The molecule has 0 bridgehead atoms. The van der Waals surface area contributed by atoms with Crippen molar-refractivity contribution < 1.29 is 15.0 Å². The number of benzene rings is 1. The van der Waals surface area contributed by atoms with Crippen LogP contribution in [0.5, 0.6) is 0 Å². The van der Waals surface area contributed by atoms with Gasteiger partial charge in [0.2, 0.25) is 5.91 Å². The molecule has 0 radical (unpaired) electrons. The van der Waals surface area contributed by atoms with E-state index < -0.39 is 0 Å². The molecule has 0 aliphatic heterocycles. The molecule has 4 heteroatoms. The Balaban J connectivity index is 2.04. The molecule has 1 atom stereocenters. The summed E-state index contributed by atoms with van der Waals surface area (Å²) < 4.78 is 0. The van der Waals surface area contributed by atoms with E-state index in [0.29, 0.717) is 13.1 Å². The van der Waals surface area contributed by atoms with E-state index in [-0.39, 0.29) is 25.0 Å². The Morgan fingerprint density at radius 2 is 1.79 bits per heavy atom. The van der Waals surface area contributed by atoms with Gasteiger partial charge in [0.15, 0.2) is 0 Å². The number of hydrogen-bond acceptors (Lipinski definition) is 3. The van der Waals surface area contributed by atoms with Gasteiger partial charge in [-0.2, -0.15) is 0 Å². The smallest absolute Gasteiger partial charge is 0.226 e. The highest BCUT2D eigenvalue weighted by Gasteiger charge is 2.27. The number of fused-ring (bicyclic) bond motifs is 1. The first-order valence-corrected chi connectivity index (χ1v) is 6.83. The number of nitrogens with zero attached hydrogens (tertiary/aromatic N) is 1. The maximum atomic E-state index is 12.4. The second-order valence-corrected chi connectivity index (χ2v) is 4.98. The van der Waals surface area contributed by atoms with E-state index in [9.17, 15) is 4.79 Å². The van der Waals surface area contributed by atoms with Crippen molar-refractivity contribution in [2.75, 3.05) is 26.3 Å². The van der Waals surface area contributed by atoms with Gasteiger partial charge in [-0.3, -0.25) is 4.79 Å². The van der Waals surface area contributed by atoms with Crippen LogP contribution in [0.3, 0.4) is 0 Å². The third kappa shape index (κ3) is 3.33. The van der Waals surface area contributed by atoms with Gasteiger partial charge in [-0.25, -0.2) is 0 Å². The van der Waals surface area contributed by atoms with Crippen LogP contribution in [-0.4, -0.2) is 47.3 Å². The number of hydrogen-bond donors (Lipinski definition) is 2. The number of aliphatic hydroxyl groups excluding tert-OH is 2. The molecular weight excluding hydrogens is 242 g/mol. The van der Waals surface area contributed by atoms with Crippen LogP contribution in [0.1, 0.15) is 17.5 Å². The minimum atomic E-state index is -0.0605. The van der Waals surface area contributed by atoms with Crippen LogP contribution in [0.2, 0.25) is 0 Å². The molecule has 0 aromatic heterocycles. The van der Waals surface area contributed by atoms with Gasteiger partial charge in [0.05, 0.1) is 13.2 Å². The normalized spacial score (nSPS) is 17.9. The number of rotatable bonds is 5. The molecule has 2 rings (SSSR count). The molecule has 0 spiro atoms. The molecule has 0 heterocycles. The Bertz CT molecular complexity index is 427. The molecule has 1 aromatic rings. The highest BCUT2D eigenvalue weighted by Crippen LogP contribution is 2.26. The molecule has 1 aromatic carbocycles. The van der Waals surface area contributed by atoms with E-state index in [1.807, 2.05) is 12.1 Å². The summed E-state index contributed by atoms with van der Waals surface area (Å²) in [4.78, 5) is 14.0. The van der Waals surface area contributed by atoms with E-state index in [0.717, 1.165) is 19.3 Å². The first-order chi connectivity index (χ1) is 9.26. The zero-order valence-corrected chi connectivity index (χ0v) is 11.1. The molecular formula is C15H21NO3. The van der Waals surface area contributed by atoms with Gasteiger partial charge in [0.25, 0.3) is 0 Å². The molecule has 4 nitrogen and oxygen atoms in total. The van der Waals surface area contributed by atoms with Gasteiger partial charge in [-0.15, -0.1) is 0 Å². The molecule has 1 aliphatic carbocycles. The fraction of sp³-hybridized carbons (Fsp3) is 0.533. The largest absolute Gasteiger partial charge is 0.395 e. The minimum absolute atomic E-state index is 0.0204. The molecule has 0 fully saturated rings. The van der Waals surface area contributed by atoms with Gasteiger partial charge >= 0.3 is 0 Å². The highest BCUT2D eigenvalue weighted by molar-refractivity contribution is 5.79. The third-order valence-electron chi connectivity index (χ3n) is 3.75. The average molecular weight is 263 g/mol. The topological polar surface area (TPSA) is 60.8 Å². The molecule has 104 valence electrons. The fourth-order valence-corrected chi connectivity index (χ4v) is 2.74. The van der Waals surface area contributed by atoms with Crippen molar-refractivity contribution >= 4 is 5.91 Å².